The van der Waals surface area contributed by atoms with Gasteiger partial charge < -0.3 is 14.2 Å². The molecule has 1 N–H and O–H groups in total. The number of H-pyrrole nitrogens is 1. The number of nitrogens with zero attached hydrogens (tertiary/aromatic N) is 1. The Bertz CT molecular complexity index is 706. The van der Waals surface area contributed by atoms with Gasteiger partial charge in [-0.15, -0.1) is 0 Å². The predicted molar refractivity (Wildman–Crippen MR) is 59.8 cm³/mol. The summed E-state index contributed by atoms with van der Waals surface area (Å²) in [5.41, 5.74) is -0.324. The average molecular weight is 248 g/mol. The lowest BCUT2D eigenvalue weighted by Gasteiger charge is -2.02. The molecule has 0 amide bonds. The highest BCUT2D eigenvalue weighted by Gasteiger charge is 2.19. The third-order valence-corrected chi connectivity index (χ3v) is 2.64. The van der Waals surface area contributed by atoms with E-state index in [1.807, 2.05) is 0 Å². The van der Waals surface area contributed by atoms with Crippen LogP contribution in [0.15, 0.2) is 16.9 Å². The van der Waals surface area contributed by atoms with Crippen LogP contribution in [0.2, 0.25) is 0 Å². The highest BCUT2D eigenvalue weighted by Crippen LogP contribution is 2.34. The minimum absolute atomic E-state index is 0.108. The van der Waals surface area contributed by atoms with Crippen LogP contribution in [0.25, 0.3) is 10.9 Å². The number of aromatic nitrogens is 2. The molecule has 92 valence electrons. The molecule has 0 fully saturated rings. The number of methoxy groups -OCH3 is 1. The fourth-order valence-corrected chi connectivity index (χ4v) is 1.75. The van der Waals surface area contributed by atoms with E-state index in [0.29, 0.717) is 22.4 Å². The topological polar surface area (TPSA) is 90.5 Å². The van der Waals surface area contributed by atoms with Crippen molar-refractivity contribution in [3.05, 3.63) is 28.0 Å². The summed E-state index contributed by atoms with van der Waals surface area (Å²) in [7, 11) is 1.19. The van der Waals surface area contributed by atoms with Crippen LogP contribution in [0.4, 0.5) is 0 Å². The second-order valence-corrected chi connectivity index (χ2v) is 3.64. The van der Waals surface area contributed by atoms with E-state index in [4.69, 9.17) is 9.47 Å². The Kier molecular flexibility index (Phi) is 2.19. The lowest BCUT2D eigenvalue weighted by atomic mass is 10.2. The van der Waals surface area contributed by atoms with Gasteiger partial charge in [-0.05, 0) is 6.07 Å². The van der Waals surface area contributed by atoms with Crippen molar-refractivity contribution in [2.45, 2.75) is 0 Å². The normalized spacial score (nSPS) is 12.7. The van der Waals surface area contributed by atoms with Crippen LogP contribution in [0.1, 0.15) is 10.5 Å². The molecule has 0 spiro atoms. The van der Waals surface area contributed by atoms with Crippen LogP contribution in [0, 0.1) is 0 Å². The fraction of sp³-hybridized carbons (Fsp3) is 0.182. The van der Waals surface area contributed by atoms with Gasteiger partial charge in [0, 0.05) is 6.07 Å². The monoisotopic (exact) mass is 248 g/mol. The zero-order valence-corrected chi connectivity index (χ0v) is 9.35. The molecule has 0 bridgehead atoms. The number of fused-ring (bicyclic) bond motifs is 2. The lowest BCUT2D eigenvalue weighted by Crippen LogP contribution is -2.19. The van der Waals surface area contributed by atoms with E-state index in [1.165, 1.54) is 13.2 Å². The molecule has 0 unspecified atom stereocenters. The maximum absolute atomic E-state index is 12.0. The van der Waals surface area contributed by atoms with E-state index < -0.39 is 11.4 Å². The molecule has 7 heteroatoms. The highest BCUT2D eigenvalue weighted by atomic mass is 16.7. The lowest BCUT2D eigenvalue weighted by molar-refractivity contribution is 0.0591. The predicted octanol–water partition coefficient (Wildman–Crippen LogP) is 0.438. The highest BCUT2D eigenvalue weighted by molar-refractivity contribution is 5.92. The zero-order valence-electron chi connectivity index (χ0n) is 9.35. The Morgan fingerprint density at radius 1 is 1.39 bits per heavy atom. The number of esters is 1. The third kappa shape index (κ3) is 1.41. The Labute approximate surface area is 100 Å². The van der Waals surface area contributed by atoms with Crippen LogP contribution >= 0.6 is 0 Å². The first kappa shape index (κ1) is 10.6. The summed E-state index contributed by atoms with van der Waals surface area (Å²) >= 11 is 0. The van der Waals surface area contributed by atoms with Crippen LogP contribution in [-0.2, 0) is 4.74 Å². The molecule has 1 aliphatic heterocycles. The van der Waals surface area contributed by atoms with Crippen molar-refractivity contribution in [2.24, 2.45) is 0 Å². The molecular weight excluding hydrogens is 240 g/mol. The van der Waals surface area contributed by atoms with Gasteiger partial charge in [0.25, 0.3) is 0 Å². The summed E-state index contributed by atoms with van der Waals surface area (Å²) in [5, 5.41) is 6.61. The van der Waals surface area contributed by atoms with Crippen LogP contribution in [0.3, 0.4) is 0 Å². The van der Waals surface area contributed by atoms with Gasteiger partial charge in [0.15, 0.2) is 11.5 Å². The van der Waals surface area contributed by atoms with Crippen LogP contribution < -0.4 is 14.9 Å². The van der Waals surface area contributed by atoms with Gasteiger partial charge in [0.05, 0.1) is 18.0 Å². The van der Waals surface area contributed by atoms with Crippen molar-refractivity contribution in [2.75, 3.05) is 13.9 Å². The minimum atomic E-state index is -0.782. The number of benzene rings is 1. The number of ether oxygens (including phenoxy) is 3. The SMILES string of the molecule is COC(=O)c1n[nH]c2cc3c(cc2c1=O)OCO3. The Balaban J connectivity index is 2.29. The van der Waals surface area contributed by atoms with E-state index in [-0.39, 0.29) is 12.5 Å². The quantitative estimate of drug-likeness (QED) is 0.736. The van der Waals surface area contributed by atoms with Crippen molar-refractivity contribution >= 4 is 16.9 Å². The molecule has 2 heterocycles. The summed E-state index contributed by atoms with van der Waals surface area (Å²) in [6, 6.07) is 3.12. The third-order valence-electron chi connectivity index (χ3n) is 2.64. The molecule has 1 aliphatic rings. The summed E-state index contributed by atoms with van der Waals surface area (Å²) in [6.07, 6.45) is 0. The van der Waals surface area contributed by atoms with Crippen LogP contribution in [0.5, 0.6) is 11.5 Å². The molecule has 0 radical (unpaired) electrons. The number of hydrogen-bond acceptors (Lipinski definition) is 6. The number of carbonyl (C=O) groups is 1. The molecule has 1 aromatic carbocycles. The van der Waals surface area contributed by atoms with E-state index >= 15 is 0 Å². The molecule has 0 saturated heterocycles. The number of hydrogen-bond donors (Lipinski definition) is 1. The maximum atomic E-state index is 12.0. The van der Waals surface area contributed by atoms with Crippen LogP contribution in [-0.4, -0.2) is 30.1 Å². The Morgan fingerprint density at radius 2 is 2.11 bits per heavy atom. The molecule has 0 atom stereocenters. The van der Waals surface area contributed by atoms with E-state index in [1.54, 1.807) is 6.07 Å². The second-order valence-electron chi connectivity index (χ2n) is 3.64. The van der Waals surface area contributed by atoms with Gasteiger partial charge >= 0.3 is 5.97 Å². The maximum Gasteiger partial charge on any atom is 0.362 e. The van der Waals surface area contributed by atoms with Gasteiger partial charge in [-0.3, -0.25) is 9.89 Å². The van der Waals surface area contributed by atoms with Gasteiger partial charge in [-0.25, -0.2) is 4.79 Å². The minimum Gasteiger partial charge on any atom is -0.464 e. The van der Waals surface area contributed by atoms with Gasteiger partial charge in [-0.1, -0.05) is 0 Å². The first-order valence-electron chi connectivity index (χ1n) is 5.11. The van der Waals surface area contributed by atoms with E-state index in [2.05, 4.69) is 14.9 Å². The Hall–Kier alpha value is -2.57. The molecule has 18 heavy (non-hydrogen) atoms. The molecule has 3 rings (SSSR count). The molecule has 0 aliphatic carbocycles. The smallest absolute Gasteiger partial charge is 0.362 e. The molecular formula is C11H8N2O5. The molecule has 7 nitrogen and oxygen atoms in total. The first-order chi connectivity index (χ1) is 8.70. The van der Waals surface area contributed by atoms with Crippen molar-refractivity contribution in [1.82, 2.24) is 10.2 Å². The van der Waals surface area contributed by atoms with Crippen molar-refractivity contribution in [3.8, 4) is 11.5 Å². The molecule has 1 aromatic heterocycles. The summed E-state index contributed by atoms with van der Waals surface area (Å²) in [4.78, 5) is 23.4. The standard InChI is InChI=1S/C11H8N2O5/c1-16-11(15)9-10(14)5-2-7-8(18-4-17-7)3-6(5)12-13-9/h2-3H,4H2,1H3,(H,12,14). The number of nitrogens with one attached hydrogen (secondary N) is 1. The number of carbonyl (C=O) groups excluding carboxylic acids is 1. The number of aromatic amines is 1. The second kappa shape index (κ2) is 3.73. The van der Waals surface area contributed by atoms with Crippen molar-refractivity contribution < 1.29 is 19.0 Å². The summed E-state index contributed by atoms with van der Waals surface area (Å²) in [5.74, 6) is 0.219. The largest absolute Gasteiger partial charge is 0.464 e. The summed E-state index contributed by atoms with van der Waals surface area (Å²) in [6.45, 7) is 0.108. The molecule has 0 saturated carbocycles. The average Bonchev–Trinajstić information content (AvgIpc) is 2.83. The zero-order chi connectivity index (χ0) is 12.7. The van der Waals surface area contributed by atoms with Gasteiger partial charge in [0.2, 0.25) is 17.9 Å². The van der Waals surface area contributed by atoms with Gasteiger partial charge in [0.1, 0.15) is 0 Å². The first-order valence-corrected chi connectivity index (χ1v) is 5.11. The Morgan fingerprint density at radius 3 is 2.83 bits per heavy atom. The van der Waals surface area contributed by atoms with Crippen molar-refractivity contribution in [1.29, 1.82) is 0 Å². The number of rotatable bonds is 1. The summed E-state index contributed by atoms with van der Waals surface area (Å²) < 4.78 is 14.8. The van der Waals surface area contributed by atoms with E-state index in [9.17, 15) is 9.59 Å². The van der Waals surface area contributed by atoms with Crippen molar-refractivity contribution in [3.63, 3.8) is 0 Å². The fourth-order valence-electron chi connectivity index (χ4n) is 1.75. The molecule has 2 aromatic rings. The van der Waals surface area contributed by atoms with Gasteiger partial charge in [-0.2, -0.15) is 5.10 Å². The van der Waals surface area contributed by atoms with E-state index in [0.717, 1.165) is 0 Å².